The number of benzene rings is 2. The van der Waals surface area contributed by atoms with E-state index in [1.54, 1.807) is 6.08 Å². The predicted molar refractivity (Wildman–Crippen MR) is 104 cm³/mol. The molecule has 4 heteroatoms. The second-order valence-corrected chi connectivity index (χ2v) is 6.34. The van der Waals surface area contributed by atoms with Crippen LogP contribution in [0, 0.1) is 6.92 Å². The number of amides is 1. The third-order valence-corrected chi connectivity index (χ3v) is 3.95. The van der Waals surface area contributed by atoms with Crippen LogP contribution in [0.2, 0.25) is 0 Å². The number of carbonyl (C=O) groups is 2. The fourth-order valence-corrected chi connectivity index (χ4v) is 2.44. The van der Waals surface area contributed by atoms with Crippen LogP contribution >= 0.6 is 0 Å². The van der Waals surface area contributed by atoms with Crippen LogP contribution in [0.25, 0.3) is 6.08 Å². The SMILES string of the molecule is Cc1ccc(/C=C/C(=O)OCC(=O)N[C@H](C)CCc2ccccc2)cc1. The minimum atomic E-state index is -0.530. The number of nitrogens with one attached hydrogen (secondary N) is 1. The lowest BCUT2D eigenvalue weighted by molar-refractivity contribution is -0.144. The average Bonchev–Trinajstić information content (AvgIpc) is 2.65. The summed E-state index contributed by atoms with van der Waals surface area (Å²) < 4.78 is 4.98. The number of hydrogen-bond acceptors (Lipinski definition) is 3. The van der Waals surface area contributed by atoms with Crippen LogP contribution in [0.1, 0.15) is 30.0 Å². The van der Waals surface area contributed by atoms with Gasteiger partial charge in [0.2, 0.25) is 0 Å². The summed E-state index contributed by atoms with van der Waals surface area (Å²) >= 11 is 0. The van der Waals surface area contributed by atoms with Crippen LogP contribution in [0.5, 0.6) is 0 Å². The normalized spacial score (nSPS) is 11.9. The van der Waals surface area contributed by atoms with Crippen LogP contribution in [0.3, 0.4) is 0 Å². The van der Waals surface area contributed by atoms with Crippen molar-refractivity contribution in [2.75, 3.05) is 6.61 Å². The van der Waals surface area contributed by atoms with E-state index in [9.17, 15) is 9.59 Å². The molecule has 2 rings (SSSR count). The van der Waals surface area contributed by atoms with Crippen LogP contribution in [-0.2, 0) is 20.7 Å². The quantitative estimate of drug-likeness (QED) is 0.583. The Morgan fingerprint density at radius 2 is 1.77 bits per heavy atom. The molecule has 0 saturated heterocycles. The van der Waals surface area contributed by atoms with Crippen molar-refractivity contribution in [2.45, 2.75) is 32.7 Å². The lowest BCUT2D eigenvalue weighted by atomic mass is 10.1. The Balaban J connectivity index is 1.67. The summed E-state index contributed by atoms with van der Waals surface area (Å²) in [6, 6.07) is 17.9. The van der Waals surface area contributed by atoms with E-state index in [4.69, 9.17) is 4.74 Å². The second-order valence-electron chi connectivity index (χ2n) is 6.34. The highest BCUT2D eigenvalue weighted by atomic mass is 16.5. The lowest BCUT2D eigenvalue weighted by Gasteiger charge is -2.13. The molecule has 0 heterocycles. The number of ether oxygens (including phenoxy) is 1. The molecule has 0 aliphatic heterocycles. The van der Waals surface area contributed by atoms with E-state index in [0.29, 0.717) is 0 Å². The van der Waals surface area contributed by atoms with E-state index in [0.717, 1.165) is 24.0 Å². The third kappa shape index (κ3) is 7.34. The van der Waals surface area contributed by atoms with Crippen molar-refractivity contribution in [3.05, 3.63) is 77.4 Å². The van der Waals surface area contributed by atoms with Gasteiger partial charge >= 0.3 is 5.97 Å². The molecule has 26 heavy (non-hydrogen) atoms. The number of carbonyl (C=O) groups excluding carboxylic acids is 2. The van der Waals surface area contributed by atoms with Crippen molar-refractivity contribution in [1.29, 1.82) is 0 Å². The first kappa shape index (κ1) is 19.4. The maximum Gasteiger partial charge on any atom is 0.331 e. The Kier molecular flexibility index (Phi) is 7.62. The van der Waals surface area contributed by atoms with Gasteiger partial charge in [0.25, 0.3) is 5.91 Å². The van der Waals surface area contributed by atoms with Gasteiger partial charge in [0.15, 0.2) is 6.61 Å². The van der Waals surface area contributed by atoms with E-state index in [2.05, 4.69) is 17.4 Å². The van der Waals surface area contributed by atoms with Crippen LogP contribution < -0.4 is 5.32 Å². The van der Waals surface area contributed by atoms with E-state index >= 15 is 0 Å². The predicted octanol–water partition coefficient (Wildman–Crippen LogP) is 3.69. The fraction of sp³-hybridized carbons (Fsp3) is 0.273. The zero-order valence-corrected chi connectivity index (χ0v) is 15.3. The molecule has 1 N–H and O–H groups in total. The van der Waals surface area contributed by atoms with Crippen LogP contribution in [0.4, 0.5) is 0 Å². The summed E-state index contributed by atoms with van der Waals surface area (Å²) in [5.41, 5.74) is 3.30. The highest BCUT2D eigenvalue weighted by Crippen LogP contribution is 2.06. The van der Waals surface area contributed by atoms with Crippen molar-refractivity contribution >= 4 is 18.0 Å². The van der Waals surface area contributed by atoms with Gasteiger partial charge in [-0.1, -0.05) is 60.2 Å². The Bertz CT molecular complexity index is 736. The Labute approximate surface area is 154 Å². The van der Waals surface area contributed by atoms with Gasteiger partial charge in [0.05, 0.1) is 0 Å². The fourth-order valence-electron chi connectivity index (χ4n) is 2.44. The molecule has 0 saturated carbocycles. The van der Waals surface area contributed by atoms with E-state index in [1.165, 1.54) is 11.6 Å². The zero-order chi connectivity index (χ0) is 18.8. The molecule has 0 bridgehead atoms. The number of rotatable bonds is 8. The van der Waals surface area contributed by atoms with Gasteiger partial charge in [-0.05, 0) is 43.9 Å². The molecule has 0 spiro atoms. The molecule has 136 valence electrons. The minimum absolute atomic E-state index is 0.0181. The van der Waals surface area contributed by atoms with E-state index < -0.39 is 5.97 Å². The minimum Gasteiger partial charge on any atom is -0.452 e. The first-order chi connectivity index (χ1) is 12.5. The summed E-state index contributed by atoms with van der Waals surface area (Å²) in [4.78, 5) is 23.6. The van der Waals surface area contributed by atoms with Crippen molar-refractivity contribution in [2.24, 2.45) is 0 Å². The Hall–Kier alpha value is -2.88. The van der Waals surface area contributed by atoms with Gasteiger partial charge < -0.3 is 10.1 Å². The topological polar surface area (TPSA) is 55.4 Å². The molecule has 0 unspecified atom stereocenters. The summed E-state index contributed by atoms with van der Waals surface area (Å²) in [6.07, 6.45) is 4.72. The van der Waals surface area contributed by atoms with Crippen molar-refractivity contribution in [1.82, 2.24) is 5.32 Å². The van der Waals surface area contributed by atoms with Gasteiger partial charge in [0.1, 0.15) is 0 Å². The lowest BCUT2D eigenvalue weighted by Crippen LogP contribution is -2.36. The van der Waals surface area contributed by atoms with Gasteiger partial charge in [-0.3, -0.25) is 4.79 Å². The maximum absolute atomic E-state index is 11.9. The average molecular weight is 351 g/mol. The molecule has 0 aliphatic carbocycles. The van der Waals surface area contributed by atoms with E-state index in [-0.39, 0.29) is 18.6 Å². The van der Waals surface area contributed by atoms with Crippen molar-refractivity contribution in [3.63, 3.8) is 0 Å². The van der Waals surface area contributed by atoms with E-state index in [1.807, 2.05) is 56.3 Å². The Morgan fingerprint density at radius 3 is 2.46 bits per heavy atom. The molecule has 4 nitrogen and oxygen atoms in total. The largest absolute Gasteiger partial charge is 0.452 e. The molecular formula is C22H25NO3. The molecule has 0 aliphatic rings. The smallest absolute Gasteiger partial charge is 0.331 e. The van der Waals surface area contributed by atoms with Gasteiger partial charge in [0, 0.05) is 12.1 Å². The highest BCUT2D eigenvalue weighted by molar-refractivity contribution is 5.89. The summed E-state index contributed by atoms with van der Waals surface area (Å²) in [6.45, 7) is 3.67. The summed E-state index contributed by atoms with van der Waals surface area (Å²) in [7, 11) is 0. The van der Waals surface area contributed by atoms with Crippen molar-refractivity contribution in [3.8, 4) is 0 Å². The molecule has 1 atom stereocenters. The first-order valence-corrected chi connectivity index (χ1v) is 8.78. The van der Waals surface area contributed by atoms with Gasteiger partial charge in [-0.2, -0.15) is 0 Å². The zero-order valence-electron chi connectivity index (χ0n) is 15.3. The third-order valence-electron chi connectivity index (χ3n) is 3.95. The first-order valence-electron chi connectivity index (χ1n) is 8.78. The summed E-state index contributed by atoms with van der Waals surface area (Å²) in [5.74, 6) is -0.819. The van der Waals surface area contributed by atoms with Crippen LogP contribution in [-0.4, -0.2) is 24.5 Å². The van der Waals surface area contributed by atoms with Crippen molar-refractivity contribution < 1.29 is 14.3 Å². The molecule has 0 radical (unpaired) electrons. The van der Waals surface area contributed by atoms with Gasteiger partial charge in [-0.25, -0.2) is 4.79 Å². The number of hydrogen-bond donors (Lipinski definition) is 1. The molecule has 2 aromatic carbocycles. The molecule has 2 aromatic rings. The molecule has 0 fully saturated rings. The van der Waals surface area contributed by atoms with Gasteiger partial charge in [-0.15, -0.1) is 0 Å². The Morgan fingerprint density at radius 1 is 1.08 bits per heavy atom. The number of aryl methyl sites for hydroxylation is 2. The second kappa shape index (κ2) is 10.2. The molecule has 0 aromatic heterocycles. The summed E-state index contributed by atoms with van der Waals surface area (Å²) in [5, 5.41) is 2.85. The van der Waals surface area contributed by atoms with Crippen LogP contribution in [0.15, 0.2) is 60.7 Å². The molecule has 1 amide bonds. The molecular weight excluding hydrogens is 326 g/mol. The highest BCUT2D eigenvalue weighted by Gasteiger charge is 2.09. The number of esters is 1. The maximum atomic E-state index is 11.9. The standard InChI is InChI=1S/C22H25NO3/c1-17-8-11-20(12-9-17)14-15-22(25)26-16-21(24)23-18(2)10-13-19-6-4-3-5-7-19/h3-9,11-12,14-15,18H,10,13,16H2,1-2H3,(H,23,24)/b15-14+/t18-/m1/s1. The monoisotopic (exact) mass is 351 g/mol.